The van der Waals surface area contributed by atoms with Crippen molar-refractivity contribution in [1.29, 1.82) is 0 Å². The van der Waals surface area contributed by atoms with Crippen molar-refractivity contribution in [2.75, 3.05) is 18.6 Å². The van der Waals surface area contributed by atoms with E-state index < -0.39 is 34.4 Å². The summed E-state index contributed by atoms with van der Waals surface area (Å²) >= 11 is 0. The fraction of sp³-hybridized carbons (Fsp3) is 0.280. The standard InChI is InChI=1S/C25H29N3O6S/c1-4-21(25(30)26-16-19-8-7-15-34-19)28(22-9-5-6-10-23(22)33-3)24(29)17-27-35(31,32)20-13-11-18(2)12-14-20/h5-15,21,27H,4,16-17H2,1-3H3,(H,26,30)/t21-/m1/s1. The molecule has 0 aliphatic rings. The molecule has 2 amide bonds. The van der Waals surface area contributed by atoms with Gasteiger partial charge in [-0.1, -0.05) is 36.8 Å². The van der Waals surface area contributed by atoms with E-state index in [1.165, 1.54) is 30.4 Å². The summed E-state index contributed by atoms with van der Waals surface area (Å²) in [7, 11) is -2.48. The smallest absolute Gasteiger partial charge is 0.243 e. The molecular weight excluding hydrogens is 470 g/mol. The van der Waals surface area contributed by atoms with Crippen molar-refractivity contribution < 1.29 is 27.2 Å². The van der Waals surface area contributed by atoms with E-state index in [2.05, 4.69) is 10.0 Å². The number of carbonyl (C=O) groups excluding carboxylic acids is 2. The second-order valence-electron chi connectivity index (χ2n) is 7.79. The molecule has 0 spiro atoms. The molecule has 1 heterocycles. The van der Waals surface area contributed by atoms with Gasteiger partial charge >= 0.3 is 0 Å². The molecule has 3 rings (SSSR count). The van der Waals surface area contributed by atoms with Crippen LogP contribution in [0.1, 0.15) is 24.7 Å². The van der Waals surface area contributed by atoms with Crippen LogP contribution in [0.15, 0.2) is 76.2 Å². The lowest BCUT2D eigenvalue weighted by Crippen LogP contribution is -2.52. The van der Waals surface area contributed by atoms with Gasteiger partial charge in [-0.15, -0.1) is 0 Å². The predicted octanol–water partition coefficient (Wildman–Crippen LogP) is 3.00. The first kappa shape index (κ1) is 26.0. The quantitative estimate of drug-likeness (QED) is 0.419. The van der Waals surface area contributed by atoms with Crippen molar-refractivity contribution in [1.82, 2.24) is 10.0 Å². The molecule has 0 aliphatic carbocycles. The first-order chi connectivity index (χ1) is 16.8. The van der Waals surface area contributed by atoms with E-state index in [4.69, 9.17) is 9.15 Å². The summed E-state index contributed by atoms with van der Waals surface area (Å²) in [4.78, 5) is 27.9. The first-order valence-electron chi connectivity index (χ1n) is 11.1. The average Bonchev–Trinajstić information content (AvgIpc) is 3.38. The van der Waals surface area contributed by atoms with Crippen LogP contribution < -0.4 is 19.7 Å². The molecule has 186 valence electrons. The third kappa shape index (κ3) is 6.49. The molecule has 0 fully saturated rings. The number of hydrogen-bond acceptors (Lipinski definition) is 6. The van der Waals surface area contributed by atoms with Gasteiger partial charge in [0.15, 0.2) is 0 Å². The summed E-state index contributed by atoms with van der Waals surface area (Å²) < 4.78 is 38.5. The molecule has 3 aromatic rings. The lowest BCUT2D eigenvalue weighted by Gasteiger charge is -2.31. The monoisotopic (exact) mass is 499 g/mol. The molecule has 1 aromatic heterocycles. The van der Waals surface area contributed by atoms with Crippen molar-refractivity contribution in [3.05, 3.63) is 78.3 Å². The normalized spacial score (nSPS) is 12.1. The minimum Gasteiger partial charge on any atom is -0.495 e. The maximum Gasteiger partial charge on any atom is 0.243 e. The Morgan fingerprint density at radius 2 is 1.77 bits per heavy atom. The topological polar surface area (TPSA) is 118 Å². The van der Waals surface area contributed by atoms with E-state index >= 15 is 0 Å². The number of hydrogen-bond donors (Lipinski definition) is 2. The number of methoxy groups -OCH3 is 1. The highest BCUT2D eigenvalue weighted by atomic mass is 32.2. The maximum absolute atomic E-state index is 13.4. The summed E-state index contributed by atoms with van der Waals surface area (Å²) in [5, 5.41) is 2.78. The number of para-hydroxylation sites is 2. The summed E-state index contributed by atoms with van der Waals surface area (Å²) in [6.45, 7) is 3.22. The lowest BCUT2D eigenvalue weighted by molar-refractivity contribution is -0.126. The fourth-order valence-electron chi connectivity index (χ4n) is 3.54. The predicted molar refractivity (Wildman–Crippen MR) is 131 cm³/mol. The Morgan fingerprint density at radius 1 is 1.06 bits per heavy atom. The van der Waals surface area contributed by atoms with Gasteiger partial charge in [0.2, 0.25) is 21.8 Å². The number of aryl methyl sites for hydroxylation is 1. The molecule has 2 aromatic carbocycles. The highest BCUT2D eigenvalue weighted by Crippen LogP contribution is 2.30. The first-order valence-corrected chi connectivity index (χ1v) is 12.6. The summed E-state index contributed by atoms with van der Waals surface area (Å²) in [6.07, 6.45) is 1.78. The Hall–Kier alpha value is -3.63. The molecule has 0 bridgehead atoms. The van der Waals surface area contributed by atoms with Crippen LogP contribution in [0, 0.1) is 6.92 Å². The number of anilines is 1. The van der Waals surface area contributed by atoms with Crippen molar-refractivity contribution in [3.63, 3.8) is 0 Å². The van der Waals surface area contributed by atoms with E-state index in [-0.39, 0.29) is 17.9 Å². The number of nitrogens with zero attached hydrogens (tertiary/aromatic N) is 1. The van der Waals surface area contributed by atoms with Crippen LogP contribution in [0.2, 0.25) is 0 Å². The fourth-order valence-corrected chi connectivity index (χ4v) is 4.51. The number of benzene rings is 2. The molecule has 0 aliphatic heterocycles. The molecule has 1 atom stereocenters. The zero-order chi connectivity index (χ0) is 25.4. The van der Waals surface area contributed by atoms with E-state index in [1.807, 2.05) is 6.92 Å². The van der Waals surface area contributed by atoms with E-state index in [0.717, 1.165) is 5.56 Å². The number of ether oxygens (including phenoxy) is 1. The maximum atomic E-state index is 13.4. The zero-order valence-corrected chi connectivity index (χ0v) is 20.7. The lowest BCUT2D eigenvalue weighted by atomic mass is 10.1. The van der Waals surface area contributed by atoms with Crippen LogP contribution in [0.4, 0.5) is 5.69 Å². The van der Waals surface area contributed by atoms with Crippen LogP contribution in [0.3, 0.4) is 0 Å². The van der Waals surface area contributed by atoms with Gasteiger partial charge in [0.1, 0.15) is 17.6 Å². The Bertz CT molecular complexity index is 1240. The second-order valence-corrected chi connectivity index (χ2v) is 9.56. The molecule has 0 unspecified atom stereocenters. The number of rotatable bonds is 11. The summed E-state index contributed by atoms with van der Waals surface area (Å²) in [5.41, 5.74) is 1.27. The second kappa shape index (κ2) is 11.7. The van der Waals surface area contributed by atoms with Gasteiger partial charge in [-0.2, -0.15) is 0 Å². The third-order valence-electron chi connectivity index (χ3n) is 5.38. The van der Waals surface area contributed by atoms with Crippen LogP contribution >= 0.6 is 0 Å². The van der Waals surface area contributed by atoms with E-state index in [0.29, 0.717) is 17.2 Å². The number of carbonyl (C=O) groups is 2. The van der Waals surface area contributed by atoms with Gasteiger partial charge in [-0.05, 0) is 49.7 Å². The molecule has 2 N–H and O–H groups in total. The van der Waals surface area contributed by atoms with Crippen LogP contribution in [-0.4, -0.2) is 39.9 Å². The van der Waals surface area contributed by atoms with E-state index in [9.17, 15) is 18.0 Å². The molecule has 10 heteroatoms. The average molecular weight is 500 g/mol. The minimum absolute atomic E-state index is 0.0444. The van der Waals surface area contributed by atoms with Gasteiger partial charge in [0.25, 0.3) is 0 Å². The Balaban J connectivity index is 1.86. The van der Waals surface area contributed by atoms with Gasteiger partial charge in [-0.25, -0.2) is 13.1 Å². The van der Waals surface area contributed by atoms with Gasteiger partial charge in [0, 0.05) is 0 Å². The molecule has 0 saturated carbocycles. The third-order valence-corrected chi connectivity index (χ3v) is 6.79. The largest absolute Gasteiger partial charge is 0.495 e. The number of amides is 2. The molecule has 0 radical (unpaired) electrons. The number of nitrogens with one attached hydrogen (secondary N) is 2. The van der Waals surface area contributed by atoms with E-state index in [1.54, 1.807) is 55.5 Å². The highest BCUT2D eigenvalue weighted by Gasteiger charge is 2.32. The van der Waals surface area contributed by atoms with Crippen molar-refractivity contribution >= 4 is 27.5 Å². The van der Waals surface area contributed by atoms with Gasteiger partial charge < -0.3 is 14.5 Å². The molecule has 0 saturated heterocycles. The SMILES string of the molecule is CC[C@H](C(=O)NCc1ccco1)N(C(=O)CNS(=O)(=O)c1ccc(C)cc1)c1ccccc1OC. The molecule has 35 heavy (non-hydrogen) atoms. The summed E-state index contributed by atoms with van der Waals surface area (Å²) in [6, 6.07) is 15.6. The van der Waals surface area contributed by atoms with Gasteiger partial charge in [-0.3, -0.25) is 14.5 Å². The minimum atomic E-state index is -3.94. The molecular formula is C25H29N3O6S. The Labute approximate surface area is 205 Å². The highest BCUT2D eigenvalue weighted by molar-refractivity contribution is 7.89. The number of sulfonamides is 1. The van der Waals surface area contributed by atoms with Crippen molar-refractivity contribution in [3.8, 4) is 5.75 Å². The molecule has 9 nitrogen and oxygen atoms in total. The Kier molecular flexibility index (Phi) is 8.67. The Morgan fingerprint density at radius 3 is 2.40 bits per heavy atom. The van der Waals surface area contributed by atoms with Crippen molar-refractivity contribution in [2.45, 2.75) is 37.8 Å². The van der Waals surface area contributed by atoms with Crippen molar-refractivity contribution in [2.24, 2.45) is 0 Å². The van der Waals surface area contributed by atoms with Gasteiger partial charge in [0.05, 0.1) is 37.0 Å². The van der Waals surface area contributed by atoms with Crippen LogP contribution in [0.5, 0.6) is 5.75 Å². The zero-order valence-electron chi connectivity index (χ0n) is 19.9. The van der Waals surface area contributed by atoms with Crippen LogP contribution in [0.25, 0.3) is 0 Å². The number of furan rings is 1. The summed E-state index contributed by atoms with van der Waals surface area (Å²) in [5.74, 6) is -0.0801. The van der Waals surface area contributed by atoms with Crippen LogP contribution in [-0.2, 0) is 26.2 Å².